The number of hydrogen-bond acceptors (Lipinski definition) is 2. The summed E-state index contributed by atoms with van der Waals surface area (Å²) >= 11 is 0. The average Bonchev–Trinajstić information content (AvgIpc) is 2.81. The predicted octanol–water partition coefficient (Wildman–Crippen LogP) is 7.95. The van der Waals surface area contributed by atoms with Crippen molar-refractivity contribution in [3.05, 3.63) is 0 Å². The zero-order valence-corrected chi connectivity index (χ0v) is 20.8. The second-order valence-corrected chi connectivity index (χ2v) is 10.9. The Bertz CT molecular complexity index is 400. The van der Waals surface area contributed by atoms with Crippen LogP contribution in [0.1, 0.15) is 142 Å². The highest BCUT2D eigenvalue weighted by Crippen LogP contribution is 2.32. The van der Waals surface area contributed by atoms with Crippen LogP contribution in [0.5, 0.6) is 0 Å². The van der Waals surface area contributed by atoms with E-state index in [-0.39, 0.29) is 0 Å². The second-order valence-electron chi connectivity index (χ2n) is 10.9. The summed E-state index contributed by atoms with van der Waals surface area (Å²) < 4.78 is 0. The summed E-state index contributed by atoms with van der Waals surface area (Å²) in [5.41, 5.74) is 0. The van der Waals surface area contributed by atoms with E-state index in [1.54, 1.807) is 0 Å². The van der Waals surface area contributed by atoms with Crippen molar-refractivity contribution in [2.45, 2.75) is 166 Å². The van der Waals surface area contributed by atoms with Crippen molar-refractivity contribution in [2.75, 3.05) is 13.1 Å². The molecule has 1 unspecified atom stereocenters. The third kappa shape index (κ3) is 7.51. The number of hydrogen-bond donors (Lipinski definition) is 0. The smallest absolute Gasteiger partial charge is 0.0115 e. The van der Waals surface area contributed by atoms with Crippen LogP contribution in [-0.2, 0) is 0 Å². The molecule has 3 fully saturated rings. The van der Waals surface area contributed by atoms with E-state index in [1.165, 1.54) is 142 Å². The largest absolute Gasteiger partial charge is 0.296 e. The highest BCUT2D eigenvalue weighted by Gasteiger charge is 2.32. The standard InChI is InChI=1S/C28H54N2/c1-3-5-16-25(15-4-2)29(26-17-9-6-10-18-26)23-24-30(27-19-11-7-12-20-27)28-21-13-8-14-22-28/h25-28H,3-24H2,1-2H3. The average molecular weight is 419 g/mol. The van der Waals surface area contributed by atoms with Crippen LogP contribution in [0.3, 0.4) is 0 Å². The molecule has 30 heavy (non-hydrogen) atoms. The lowest BCUT2D eigenvalue weighted by Crippen LogP contribution is -2.52. The monoisotopic (exact) mass is 418 g/mol. The second kappa shape index (κ2) is 14.1. The summed E-state index contributed by atoms with van der Waals surface area (Å²) in [4.78, 5) is 6.13. The van der Waals surface area contributed by atoms with Gasteiger partial charge in [0.15, 0.2) is 0 Å². The van der Waals surface area contributed by atoms with Gasteiger partial charge in [0.2, 0.25) is 0 Å². The molecule has 0 aromatic rings. The first-order valence-electron chi connectivity index (χ1n) is 14.3. The molecule has 0 radical (unpaired) electrons. The van der Waals surface area contributed by atoms with Gasteiger partial charge in [-0.2, -0.15) is 0 Å². The van der Waals surface area contributed by atoms with Gasteiger partial charge in [0.05, 0.1) is 0 Å². The quantitative estimate of drug-likeness (QED) is 0.317. The topological polar surface area (TPSA) is 6.48 Å². The molecular weight excluding hydrogens is 364 g/mol. The molecule has 0 spiro atoms. The lowest BCUT2D eigenvalue weighted by Gasteiger charge is -2.45. The SMILES string of the molecule is CCCCC(CCC)N(CCN(C1CCCCC1)C1CCCCC1)C1CCCCC1. The molecule has 0 heterocycles. The normalized spacial score (nSPS) is 24.0. The summed E-state index contributed by atoms with van der Waals surface area (Å²) in [5.74, 6) is 0. The van der Waals surface area contributed by atoms with Crippen LogP contribution in [0, 0.1) is 0 Å². The van der Waals surface area contributed by atoms with Crippen molar-refractivity contribution in [3.63, 3.8) is 0 Å². The van der Waals surface area contributed by atoms with Gasteiger partial charge in [-0.15, -0.1) is 0 Å². The lowest BCUT2D eigenvalue weighted by atomic mass is 9.88. The van der Waals surface area contributed by atoms with Crippen molar-refractivity contribution < 1.29 is 0 Å². The first-order valence-corrected chi connectivity index (χ1v) is 14.3. The fraction of sp³-hybridized carbons (Fsp3) is 1.00. The van der Waals surface area contributed by atoms with Gasteiger partial charge in [0.1, 0.15) is 0 Å². The Morgan fingerprint density at radius 1 is 0.567 bits per heavy atom. The minimum Gasteiger partial charge on any atom is -0.296 e. The molecule has 2 heteroatoms. The first kappa shape index (κ1) is 24.6. The van der Waals surface area contributed by atoms with Crippen LogP contribution in [0.2, 0.25) is 0 Å². The molecule has 3 aliphatic carbocycles. The molecule has 0 saturated heterocycles. The van der Waals surface area contributed by atoms with Crippen LogP contribution in [0.25, 0.3) is 0 Å². The summed E-state index contributed by atoms with van der Waals surface area (Å²) in [6.45, 7) is 7.50. The van der Waals surface area contributed by atoms with Gasteiger partial charge in [-0.05, 0) is 51.4 Å². The third-order valence-corrected chi connectivity index (χ3v) is 8.73. The Morgan fingerprint density at radius 3 is 1.53 bits per heavy atom. The third-order valence-electron chi connectivity index (χ3n) is 8.73. The molecule has 176 valence electrons. The van der Waals surface area contributed by atoms with Gasteiger partial charge in [0, 0.05) is 37.3 Å². The van der Waals surface area contributed by atoms with E-state index in [9.17, 15) is 0 Å². The first-order chi connectivity index (χ1) is 14.8. The summed E-state index contributed by atoms with van der Waals surface area (Å²) in [7, 11) is 0. The molecule has 3 rings (SSSR count). The molecular formula is C28H54N2. The van der Waals surface area contributed by atoms with Crippen LogP contribution < -0.4 is 0 Å². The Kier molecular flexibility index (Phi) is 11.6. The van der Waals surface area contributed by atoms with Gasteiger partial charge in [-0.25, -0.2) is 0 Å². The molecule has 0 aromatic carbocycles. The molecule has 0 aromatic heterocycles. The van der Waals surface area contributed by atoms with Crippen LogP contribution in [-0.4, -0.2) is 47.1 Å². The molecule has 0 bridgehead atoms. The van der Waals surface area contributed by atoms with E-state index in [2.05, 4.69) is 23.6 Å². The zero-order valence-electron chi connectivity index (χ0n) is 20.8. The van der Waals surface area contributed by atoms with Crippen LogP contribution >= 0.6 is 0 Å². The highest BCUT2D eigenvalue weighted by molar-refractivity contribution is 4.87. The molecule has 0 N–H and O–H groups in total. The predicted molar refractivity (Wildman–Crippen MR) is 132 cm³/mol. The maximum Gasteiger partial charge on any atom is 0.0115 e. The van der Waals surface area contributed by atoms with Gasteiger partial charge in [-0.1, -0.05) is 90.9 Å². The lowest BCUT2D eigenvalue weighted by molar-refractivity contribution is 0.0365. The van der Waals surface area contributed by atoms with Crippen LogP contribution in [0.15, 0.2) is 0 Å². The summed E-state index contributed by atoms with van der Waals surface area (Å²) in [6.07, 6.45) is 29.2. The minimum absolute atomic E-state index is 0.845. The molecule has 3 saturated carbocycles. The molecule has 0 aliphatic heterocycles. The van der Waals surface area contributed by atoms with E-state index >= 15 is 0 Å². The Morgan fingerprint density at radius 2 is 1.07 bits per heavy atom. The molecule has 2 nitrogen and oxygen atoms in total. The fourth-order valence-corrected chi connectivity index (χ4v) is 7.04. The molecule has 0 amide bonds. The number of rotatable bonds is 12. The van der Waals surface area contributed by atoms with E-state index in [4.69, 9.17) is 0 Å². The van der Waals surface area contributed by atoms with Crippen molar-refractivity contribution in [2.24, 2.45) is 0 Å². The fourth-order valence-electron chi connectivity index (χ4n) is 7.04. The van der Waals surface area contributed by atoms with E-state index in [0.29, 0.717) is 0 Å². The van der Waals surface area contributed by atoms with Gasteiger partial charge >= 0.3 is 0 Å². The van der Waals surface area contributed by atoms with Crippen molar-refractivity contribution in [3.8, 4) is 0 Å². The van der Waals surface area contributed by atoms with Gasteiger partial charge in [0.25, 0.3) is 0 Å². The van der Waals surface area contributed by atoms with Gasteiger partial charge < -0.3 is 0 Å². The Hall–Kier alpha value is -0.0800. The van der Waals surface area contributed by atoms with E-state index in [1.807, 2.05) is 0 Å². The molecule has 3 aliphatic rings. The zero-order chi connectivity index (χ0) is 21.0. The van der Waals surface area contributed by atoms with Crippen molar-refractivity contribution in [1.29, 1.82) is 0 Å². The summed E-state index contributed by atoms with van der Waals surface area (Å²) in [5, 5.41) is 0. The minimum atomic E-state index is 0.845. The highest BCUT2D eigenvalue weighted by atomic mass is 15.3. The Labute approximate surface area is 189 Å². The number of nitrogens with zero attached hydrogens (tertiary/aromatic N) is 2. The maximum atomic E-state index is 3.07. The van der Waals surface area contributed by atoms with Crippen molar-refractivity contribution >= 4 is 0 Å². The van der Waals surface area contributed by atoms with Gasteiger partial charge in [-0.3, -0.25) is 9.80 Å². The van der Waals surface area contributed by atoms with E-state index in [0.717, 1.165) is 24.2 Å². The van der Waals surface area contributed by atoms with Crippen molar-refractivity contribution in [1.82, 2.24) is 9.80 Å². The Balaban J connectivity index is 1.68. The maximum absolute atomic E-state index is 3.07. The molecule has 1 atom stereocenters. The van der Waals surface area contributed by atoms with Crippen LogP contribution in [0.4, 0.5) is 0 Å². The van der Waals surface area contributed by atoms with E-state index < -0.39 is 0 Å². The number of unbranched alkanes of at least 4 members (excludes halogenated alkanes) is 1. The summed E-state index contributed by atoms with van der Waals surface area (Å²) in [6, 6.07) is 3.52.